The van der Waals surface area contributed by atoms with Crippen molar-refractivity contribution in [2.75, 3.05) is 0 Å². The van der Waals surface area contributed by atoms with E-state index >= 15 is 0 Å². The second-order valence-electron chi connectivity index (χ2n) is 5.14. The zero-order valence-corrected chi connectivity index (χ0v) is 12.9. The maximum absolute atomic E-state index is 10.8. The number of carbonyl (C=O) groups is 1. The van der Waals surface area contributed by atoms with E-state index < -0.39 is 0 Å². The van der Waals surface area contributed by atoms with Crippen molar-refractivity contribution in [1.82, 2.24) is 14.9 Å². The number of halogens is 1. The molecule has 0 fully saturated rings. The average molecular weight is 314 g/mol. The van der Waals surface area contributed by atoms with Crippen LogP contribution >= 0.6 is 11.6 Å². The summed E-state index contributed by atoms with van der Waals surface area (Å²) in [6, 6.07) is 15.5. The maximum atomic E-state index is 10.8. The number of hydrogen-bond acceptors (Lipinski definition) is 2. The van der Waals surface area contributed by atoms with E-state index in [2.05, 4.69) is 14.9 Å². The molecule has 0 bridgehead atoms. The van der Waals surface area contributed by atoms with Gasteiger partial charge in [0.05, 0.1) is 23.6 Å². The predicted octanol–water partition coefficient (Wildman–Crippen LogP) is 3.55. The number of imidazole rings is 1. The topological polar surface area (TPSA) is 46.9 Å². The SMILES string of the molecule is CC(NC=O)c1nc2ccccc2n1Cc1ccccc1Cl. The Labute approximate surface area is 133 Å². The number of amides is 1. The zero-order chi connectivity index (χ0) is 15.5. The summed E-state index contributed by atoms with van der Waals surface area (Å²) in [5, 5.41) is 3.49. The van der Waals surface area contributed by atoms with Crippen LogP contribution in [-0.4, -0.2) is 16.0 Å². The Hall–Kier alpha value is -2.33. The number of nitrogens with one attached hydrogen (secondary N) is 1. The van der Waals surface area contributed by atoms with E-state index in [1.165, 1.54) is 0 Å². The van der Waals surface area contributed by atoms with Crippen LogP contribution in [-0.2, 0) is 11.3 Å². The summed E-state index contributed by atoms with van der Waals surface area (Å²) < 4.78 is 2.09. The summed E-state index contributed by atoms with van der Waals surface area (Å²) in [6.45, 7) is 2.53. The Morgan fingerprint density at radius 3 is 2.73 bits per heavy atom. The quantitative estimate of drug-likeness (QED) is 0.732. The molecular formula is C17H16ClN3O. The number of nitrogens with zero attached hydrogens (tertiary/aromatic N) is 2. The van der Waals surface area contributed by atoms with Crippen LogP contribution in [0.4, 0.5) is 0 Å². The van der Waals surface area contributed by atoms with Crippen molar-refractivity contribution in [3.63, 3.8) is 0 Å². The van der Waals surface area contributed by atoms with Crippen molar-refractivity contribution >= 4 is 29.0 Å². The van der Waals surface area contributed by atoms with Crippen LogP contribution in [0.2, 0.25) is 5.02 Å². The molecular weight excluding hydrogens is 298 g/mol. The molecule has 5 heteroatoms. The van der Waals surface area contributed by atoms with Crippen molar-refractivity contribution in [3.05, 3.63) is 64.9 Å². The number of carbonyl (C=O) groups excluding carboxylic acids is 1. The molecule has 0 aliphatic rings. The fourth-order valence-corrected chi connectivity index (χ4v) is 2.76. The van der Waals surface area contributed by atoms with Gasteiger partial charge in [-0.2, -0.15) is 0 Å². The molecule has 0 aliphatic carbocycles. The first kappa shape index (κ1) is 14.6. The number of rotatable bonds is 5. The largest absolute Gasteiger partial charge is 0.349 e. The molecule has 4 nitrogen and oxygen atoms in total. The van der Waals surface area contributed by atoms with E-state index in [0.29, 0.717) is 13.0 Å². The summed E-state index contributed by atoms with van der Waals surface area (Å²) in [7, 11) is 0. The lowest BCUT2D eigenvalue weighted by atomic mass is 10.2. The van der Waals surface area contributed by atoms with Gasteiger partial charge in [0.15, 0.2) is 0 Å². The first-order chi connectivity index (χ1) is 10.7. The van der Waals surface area contributed by atoms with Crippen molar-refractivity contribution in [3.8, 4) is 0 Å². The van der Waals surface area contributed by atoms with Crippen LogP contribution in [0, 0.1) is 0 Å². The monoisotopic (exact) mass is 313 g/mol. The smallest absolute Gasteiger partial charge is 0.207 e. The third-order valence-corrected chi connectivity index (χ3v) is 4.04. The van der Waals surface area contributed by atoms with E-state index in [1.54, 1.807) is 0 Å². The Balaban J connectivity index is 2.11. The van der Waals surface area contributed by atoms with Crippen LogP contribution in [0.1, 0.15) is 24.4 Å². The van der Waals surface area contributed by atoms with Gasteiger partial charge in [0, 0.05) is 5.02 Å². The molecule has 1 heterocycles. The highest BCUT2D eigenvalue weighted by molar-refractivity contribution is 6.31. The van der Waals surface area contributed by atoms with E-state index in [-0.39, 0.29) is 6.04 Å². The highest BCUT2D eigenvalue weighted by atomic mass is 35.5. The molecule has 3 rings (SSSR count). The normalized spacial score (nSPS) is 12.3. The van der Waals surface area contributed by atoms with Crippen LogP contribution in [0.5, 0.6) is 0 Å². The molecule has 1 N–H and O–H groups in total. The first-order valence-electron chi connectivity index (χ1n) is 7.09. The molecule has 2 aromatic carbocycles. The number of fused-ring (bicyclic) bond motifs is 1. The number of aromatic nitrogens is 2. The molecule has 0 spiro atoms. The molecule has 0 radical (unpaired) electrons. The third-order valence-electron chi connectivity index (χ3n) is 3.68. The second kappa shape index (κ2) is 6.20. The lowest BCUT2D eigenvalue weighted by Gasteiger charge is -2.14. The molecule has 1 amide bonds. The summed E-state index contributed by atoms with van der Waals surface area (Å²) in [4.78, 5) is 15.4. The van der Waals surface area contributed by atoms with Crippen LogP contribution in [0.15, 0.2) is 48.5 Å². The second-order valence-corrected chi connectivity index (χ2v) is 5.55. The Kier molecular flexibility index (Phi) is 4.11. The van der Waals surface area contributed by atoms with Gasteiger partial charge in [0.25, 0.3) is 0 Å². The molecule has 1 unspecified atom stereocenters. The lowest BCUT2D eigenvalue weighted by molar-refractivity contribution is -0.110. The minimum atomic E-state index is -0.174. The fourth-order valence-electron chi connectivity index (χ4n) is 2.56. The summed E-state index contributed by atoms with van der Waals surface area (Å²) in [6.07, 6.45) is 0.698. The van der Waals surface area contributed by atoms with E-state index in [9.17, 15) is 4.79 Å². The van der Waals surface area contributed by atoms with Gasteiger partial charge in [-0.25, -0.2) is 4.98 Å². The van der Waals surface area contributed by atoms with Gasteiger partial charge in [-0.05, 0) is 30.7 Å². The first-order valence-corrected chi connectivity index (χ1v) is 7.46. The Bertz CT molecular complexity index is 813. The lowest BCUT2D eigenvalue weighted by Crippen LogP contribution is -2.20. The fraction of sp³-hybridized carbons (Fsp3) is 0.176. The van der Waals surface area contributed by atoms with E-state index in [0.717, 1.165) is 27.4 Å². The standard InChI is InChI=1S/C17H16ClN3O/c1-12(19-11-22)17-20-15-8-4-5-9-16(15)21(17)10-13-6-2-3-7-14(13)18/h2-9,11-12H,10H2,1H3,(H,19,22). The number of para-hydroxylation sites is 2. The number of benzene rings is 2. The van der Waals surface area contributed by atoms with Gasteiger partial charge >= 0.3 is 0 Å². The Morgan fingerprint density at radius 2 is 1.95 bits per heavy atom. The average Bonchev–Trinajstić information content (AvgIpc) is 2.89. The van der Waals surface area contributed by atoms with E-state index in [4.69, 9.17) is 11.6 Å². The van der Waals surface area contributed by atoms with Crippen molar-refractivity contribution in [1.29, 1.82) is 0 Å². The van der Waals surface area contributed by atoms with E-state index in [1.807, 2.05) is 55.5 Å². The molecule has 0 saturated heterocycles. The van der Waals surface area contributed by atoms with Gasteiger partial charge in [-0.3, -0.25) is 4.79 Å². The van der Waals surface area contributed by atoms with Crippen molar-refractivity contribution < 1.29 is 4.79 Å². The van der Waals surface area contributed by atoms with Gasteiger partial charge in [0.2, 0.25) is 6.41 Å². The van der Waals surface area contributed by atoms with Gasteiger partial charge in [0.1, 0.15) is 5.82 Å². The molecule has 0 aliphatic heterocycles. The highest BCUT2D eigenvalue weighted by Crippen LogP contribution is 2.24. The van der Waals surface area contributed by atoms with Crippen LogP contribution in [0.25, 0.3) is 11.0 Å². The van der Waals surface area contributed by atoms with Crippen LogP contribution in [0.3, 0.4) is 0 Å². The summed E-state index contributed by atoms with van der Waals surface area (Å²) in [5.74, 6) is 0.813. The van der Waals surface area contributed by atoms with Crippen molar-refractivity contribution in [2.24, 2.45) is 0 Å². The van der Waals surface area contributed by atoms with Crippen LogP contribution < -0.4 is 5.32 Å². The van der Waals surface area contributed by atoms with Gasteiger partial charge < -0.3 is 9.88 Å². The Morgan fingerprint density at radius 1 is 1.23 bits per heavy atom. The third kappa shape index (κ3) is 2.70. The molecule has 3 aromatic rings. The predicted molar refractivity (Wildman–Crippen MR) is 87.9 cm³/mol. The maximum Gasteiger partial charge on any atom is 0.207 e. The van der Waals surface area contributed by atoms with Gasteiger partial charge in [-0.15, -0.1) is 0 Å². The molecule has 0 saturated carbocycles. The molecule has 1 aromatic heterocycles. The van der Waals surface area contributed by atoms with Crippen molar-refractivity contribution in [2.45, 2.75) is 19.5 Å². The minimum Gasteiger partial charge on any atom is -0.349 e. The molecule has 112 valence electrons. The summed E-state index contributed by atoms with van der Waals surface area (Å²) in [5.41, 5.74) is 2.95. The minimum absolute atomic E-state index is 0.174. The zero-order valence-electron chi connectivity index (χ0n) is 12.2. The highest BCUT2D eigenvalue weighted by Gasteiger charge is 2.16. The summed E-state index contributed by atoms with van der Waals surface area (Å²) >= 11 is 6.28. The van der Waals surface area contributed by atoms with Gasteiger partial charge in [-0.1, -0.05) is 41.9 Å². The number of hydrogen-bond donors (Lipinski definition) is 1. The molecule has 22 heavy (non-hydrogen) atoms. The molecule has 1 atom stereocenters.